The molecule has 2 N–H and O–H groups in total. The van der Waals surface area contributed by atoms with Crippen LogP contribution < -0.4 is 5.73 Å². The molecule has 92 valence electrons. The first-order valence-corrected chi connectivity index (χ1v) is 6.70. The lowest BCUT2D eigenvalue weighted by Crippen LogP contribution is -2.25. The molecule has 0 aliphatic heterocycles. The van der Waals surface area contributed by atoms with Crippen LogP contribution in [0.2, 0.25) is 0 Å². The van der Waals surface area contributed by atoms with Crippen LogP contribution in [0.3, 0.4) is 0 Å². The Balaban J connectivity index is 3.55. The SMILES string of the molecule is CCCN(CC)CCCC(CC)CCN. The Kier molecular flexibility index (Phi) is 10.4. The molecule has 0 heterocycles. The molecule has 0 aromatic carbocycles. The van der Waals surface area contributed by atoms with Crippen molar-refractivity contribution in [1.82, 2.24) is 4.90 Å². The molecule has 0 aromatic heterocycles. The van der Waals surface area contributed by atoms with Crippen molar-refractivity contribution in [3.05, 3.63) is 0 Å². The van der Waals surface area contributed by atoms with Crippen molar-refractivity contribution in [1.29, 1.82) is 0 Å². The lowest BCUT2D eigenvalue weighted by Gasteiger charge is -2.21. The van der Waals surface area contributed by atoms with E-state index in [0.717, 1.165) is 12.5 Å². The summed E-state index contributed by atoms with van der Waals surface area (Å²) in [4.78, 5) is 2.55. The van der Waals surface area contributed by atoms with Gasteiger partial charge in [0.05, 0.1) is 0 Å². The van der Waals surface area contributed by atoms with Gasteiger partial charge in [-0.2, -0.15) is 0 Å². The minimum Gasteiger partial charge on any atom is -0.330 e. The molecule has 0 amide bonds. The van der Waals surface area contributed by atoms with E-state index in [-0.39, 0.29) is 0 Å². The molecule has 2 heteroatoms. The number of hydrogen-bond donors (Lipinski definition) is 1. The Morgan fingerprint density at radius 1 is 1.07 bits per heavy atom. The summed E-state index contributed by atoms with van der Waals surface area (Å²) >= 11 is 0. The second-order valence-corrected chi connectivity index (χ2v) is 4.43. The summed E-state index contributed by atoms with van der Waals surface area (Å²) < 4.78 is 0. The van der Waals surface area contributed by atoms with Crippen LogP contribution in [-0.4, -0.2) is 31.1 Å². The molecule has 15 heavy (non-hydrogen) atoms. The van der Waals surface area contributed by atoms with Crippen molar-refractivity contribution < 1.29 is 0 Å². The standard InChI is InChI=1S/C13H30N2/c1-4-11-15(6-3)12-7-8-13(5-2)9-10-14/h13H,4-12,14H2,1-3H3. The van der Waals surface area contributed by atoms with Gasteiger partial charge in [-0.25, -0.2) is 0 Å². The molecule has 0 rings (SSSR count). The maximum absolute atomic E-state index is 5.60. The summed E-state index contributed by atoms with van der Waals surface area (Å²) in [5.74, 6) is 0.857. The van der Waals surface area contributed by atoms with Crippen LogP contribution in [0, 0.1) is 5.92 Å². The smallest absolute Gasteiger partial charge is 0.00188 e. The van der Waals surface area contributed by atoms with Gasteiger partial charge in [0, 0.05) is 0 Å². The van der Waals surface area contributed by atoms with E-state index in [4.69, 9.17) is 5.73 Å². The van der Waals surface area contributed by atoms with Gasteiger partial charge < -0.3 is 10.6 Å². The van der Waals surface area contributed by atoms with Crippen LogP contribution in [0.1, 0.15) is 52.9 Å². The van der Waals surface area contributed by atoms with Crippen molar-refractivity contribution in [3.63, 3.8) is 0 Å². The summed E-state index contributed by atoms with van der Waals surface area (Å²) in [6.45, 7) is 11.4. The van der Waals surface area contributed by atoms with E-state index in [1.54, 1.807) is 0 Å². The van der Waals surface area contributed by atoms with Crippen LogP contribution in [0.4, 0.5) is 0 Å². The van der Waals surface area contributed by atoms with E-state index < -0.39 is 0 Å². The molecular formula is C13H30N2. The molecule has 0 saturated heterocycles. The van der Waals surface area contributed by atoms with E-state index in [0.29, 0.717) is 0 Å². The van der Waals surface area contributed by atoms with Crippen molar-refractivity contribution in [2.75, 3.05) is 26.2 Å². The molecule has 0 spiro atoms. The minimum atomic E-state index is 0.852. The fourth-order valence-electron chi connectivity index (χ4n) is 2.14. The van der Waals surface area contributed by atoms with Crippen LogP contribution in [0.15, 0.2) is 0 Å². The molecule has 0 fully saturated rings. The lowest BCUT2D eigenvalue weighted by molar-refractivity contribution is 0.270. The van der Waals surface area contributed by atoms with Crippen molar-refractivity contribution in [3.8, 4) is 0 Å². The van der Waals surface area contributed by atoms with Gasteiger partial charge >= 0.3 is 0 Å². The third-order valence-corrected chi connectivity index (χ3v) is 3.23. The highest BCUT2D eigenvalue weighted by molar-refractivity contribution is 4.61. The van der Waals surface area contributed by atoms with Crippen LogP contribution >= 0.6 is 0 Å². The van der Waals surface area contributed by atoms with E-state index >= 15 is 0 Å². The average molecular weight is 214 g/mol. The first-order chi connectivity index (χ1) is 7.28. The molecule has 0 aliphatic carbocycles. The second kappa shape index (κ2) is 10.4. The van der Waals surface area contributed by atoms with Crippen molar-refractivity contribution in [2.24, 2.45) is 11.7 Å². The first-order valence-electron chi connectivity index (χ1n) is 6.70. The van der Waals surface area contributed by atoms with Crippen molar-refractivity contribution >= 4 is 0 Å². The van der Waals surface area contributed by atoms with Gasteiger partial charge in [0.1, 0.15) is 0 Å². The zero-order valence-corrected chi connectivity index (χ0v) is 11.0. The van der Waals surface area contributed by atoms with Gasteiger partial charge in [-0.3, -0.25) is 0 Å². The van der Waals surface area contributed by atoms with E-state index in [2.05, 4.69) is 25.7 Å². The maximum Gasteiger partial charge on any atom is -0.00188 e. The predicted molar refractivity (Wildman–Crippen MR) is 69.1 cm³/mol. The quantitative estimate of drug-likeness (QED) is 0.606. The summed E-state index contributed by atoms with van der Waals surface area (Å²) in [6, 6.07) is 0. The van der Waals surface area contributed by atoms with Crippen LogP contribution in [0.25, 0.3) is 0 Å². The van der Waals surface area contributed by atoms with Crippen LogP contribution in [0.5, 0.6) is 0 Å². The fourth-order valence-corrected chi connectivity index (χ4v) is 2.14. The zero-order chi connectivity index (χ0) is 11.5. The Morgan fingerprint density at radius 3 is 2.27 bits per heavy atom. The van der Waals surface area contributed by atoms with E-state index in [9.17, 15) is 0 Å². The van der Waals surface area contributed by atoms with Gasteiger partial charge in [-0.05, 0) is 57.8 Å². The normalized spacial score (nSPS) is 13.4. The molecule has 0 bridgehead atoms. The molecule has 2 nitrogen and oxygen atoms in total. The molecule has 0 saturated carbocycles. The van der Waals surface area contributed by atoms with Gasteiger partial charge in [-0.15, -0.1) is 0 Å². The summed E-state index contributed by atoms with van der Waals surface area (Å²) in [6.07, 6.45) is 6.46. The van der Waals surface area contributed by atoms with Gasteiger partial charge in [0.25, 0.3) is 0 Å². The van der Waals surface area contributed by atoms with E-state index in [1.165, 1.54) is 51.7 Å². The van der Waals surface area contributed by atoms with Crippen LogP contribution in [-0.2, 0) is 0 Å². The summed E-state index contributed by atoms with van der Waals surface area (Å²) in [7, 11) is 0. The lowest BCUT2D eigenvalue weighted by atomic mass is 9.96. The Hall–Kier alpha value is -0.0800. The van der Waals surface area contributed by atoms with Gasteiger partial charge in [-0.1, -0.05) is 27.2 Å². The molecule has 0 aliphatic rings. The third kappa shape index (κ3) is 7.80. The predicted octanol–water partition coefficient (Wildman–Crippen LogP) is 2.87. The summed E-state index contributed by atoms with van der Waals surface area (Å²) in [5, 5.41) is 0. The molecular weight excluding hydrogens is 184 g/mol. The molecule has 0 aromatic rings. The largest absolute Gasteiger partial charge is 0.330 e. The first kappa shape index (κ1) is 14.9. The van der Waals surface area contributed by atoms with Gasteiger partial charge in [0.15, 0.2) is 0 Å². The summed E-state index contributed by atoms with van der Waals surface area (Å²) in [5.41, 5.74) is 5.60. The number of nitrogens with two attached hydrogens (primary N) is 1. The van der Waals surface area contributed by atoms with Gasteiger partial charge in [0.2, 0.25) is 0 Å². The Bertz CT molecular complexity index is 112. The zero-order valence-electron chi connectivity index (χ0n) is 11.0. The minimum absolute atomic E-state index is 0.852. The second-order valence-electron chi connectivity index (χ2n) is 4.43. The number of rotatable bonds is 10. The Morgan fingerprint density at radius 2 is 1.80 bits per heavy atom. The number of hydrogen-bond acceptors (Lipinski definition) is 2. The molecule has 0 radical (unpaired) electrons. The highest BCUT2D eigenvalue weighted by Crippen LogP contribution is 2.14. The Labute approximate surface area is 96.2 Å². The van der Waals surface area contributed by atoms with Crippen molar-refractivity contribution in [2.45, 2.75) is 52.9 Å². The van der Waals surface area contributed by atoms with E-state index in [1.807, 2.05) is 0 Å². The number of nitrogens with zero attached hydrogens (tertiary/aromatic N) is 1. The monoisotopic (exact) mass is 214 g/mol. The molecule has 1 atom stereocenters. The maximum atomic E-state index is 5.60. The highest BCUT2D eigenvalue weighted by atomic mass is 15.1. The topological polar surface area (TPSA) is 29.3 Å². The fraction of sp³-hybridized carbons (Fsp3) is 1.00. The average Bonchev–Trinajstić information content (AvgIpc) is 2.26. The molecule has 1 unspecified atom stereocenters. The highest BCUT2D eigenvalue weighted by Gasteiger charge is 2.06. The third-order valence-electron chi connectivity index (χ3n) is 3.23.